The van der Waals surface area contributed by atoms with Crippen molar-refractivity contribution in [3.05, 3.63) is 51.0 Å². The number of nitrogens with one attached hydrogen (secondary N) is 1. The van der Waals surface area contributed by atoms with Gasteiger partial charge in [-0.15, -0.1) is 11.3 Å². The summed E-state index contributed by atoms with van der Waals surface area (Å²) < 4.78 is 0. The number of hydrogen-bond donors (Lipinski definition) is 1. The van der Waals surface area contributed by atoms with Gasteiger partial charge < -0.3 is 10.2 Å². The molecule has 1 aliphatic heterocycles. The lowest BCUT2D eigenvalue weighted by molar-refractivity contribution is -0.120. The largest absolute Gasteiger partial charge is 0.350 e. The molecule has 3 rings (SSSR count). The molecule has 1 aromatic carbocycles. The van der Waals surface area contributed by atoms with Crippen LogP contribution in [-0.2, 0) is 11.3 Å². The van der Waals surface area contributed by atoms with Crippen molar-refractivity contribution >= 4 is 23.2 Å². The van der Waals surface area contributed by atoms with E-state index in [1.54, 1.807) is 11.3 Å². The zero-order valence-electron chi connectivity index (χ0n) is 16.2. The molecule has 1 fully saturated rings. The fraction of sp³-hybridized carbons (Fsp3) is 0.476. The second kappa shape index (κ2) is 8.65. The summed E-state index contributed by atoms with van der Waals surface area (Å²) in [7, 11) is 0. The van der Waals surface area contributed by atoms with Crippen LogP contribution in [-0.4, -0.2) is 34.8 Å². The monoisotopic (exact) mass is 385 g/mol. The fourth-order valence-electron chi connectivity index (χ4n) is 3.29. The number of rotatable bonds is 5. The van der Waals surface area contributed by atoms with Gasteiger partial charge in [0, 0.05) is 36.4 Å². The van der Waals surface area contributed by atoms with Gasteiger partial charge in [-0.05, 0) is 49.9 Å². The van der Waals surface area contributed by atoms with E-state index in [-0.39, 0.29) is 11.8 Å². The molecule has 144 valence electrons. The summed E-state index contributed by atoms with van der Waals surface area (Å²) >= 11 is 1.66. The number of aryl methyl sites for hydroxylation is 2. The van der Waals surface area contributed by atoms with Crippen LogP contribution in [0.3, 0.4) is 0 Å². The third-order valence-electron chi connectivity index (χ3n) is 5.24. The van der Waals surface area contributed by atoms with Gasteiger partial charge >= 0.3 is 0 Å². The smallest absolute Gasteiger partial charge is 0.253 e. The Morgan fingerprint density at radius 1 is 1.22 bits per heavy atom. The standard InChI is InChI=1S/C21H27N3O2S/c1-4-19(25)22-12-18-13-27-20(23-18)16-7-9-24(10-8-16)21(26)17-6-5-14(2)15(3)11-17/h5-6,11,13,16H,4,7-10,12H2,1-3H3,(H,22,25). The highest BCUT2D eigenvalue weighted by molar-refractivity contribution is 7.09. The minimum absolute atomic E-state index is 0.0442. The molecule has 1 aliphatic rings. The Hall–Kier alpha value is -2.21. The van der Waals surface area contributed by atoms with Gasteiger partial charge in [0.25, 0.3) is 5.91 Å². The van der Waals surface area contributed by atoms with Crippen molar-refractivity contribution in [3.8, 4) is 0 Å². The molecule has 0 unspecified atom stereocenters. The third kappa shape index (κ3) is 4.75. The Bertz CT molecular complexity index is 823. The average Bonchev–Trinajstić information content (AvgIpc) is 3.17. The van der Waals surface area contributed by atoms with Crippen LogP contribution in [0.15, 0.2) is 23.6 Å². The Balaban J connectivity index is 1.55. The molecule has 1 N–H and O–H groups in total. The van der Waals surface area contributed by atoms with Crippen LogP contribution < -0.4 is 5.32 Å². The molecule has 0 spiro atoms. The number of piperidine rings is 1. The number of likely N-dealkylation sites (tertiary alicyclic amines) is 1. The van der Waals surface area contributed by atoms with Gasteiger partial charge in [-0.25, -0.2) is 4.98 Å². The topological polar surface area (TPSA) is 62.3 Å². The lowest BCUT2D eigenvalue weighted by atomic mass is 9.96. The molecule has 2 aromatic rings. The molecule has 0 radical (unpaired) electrons. The van der Waals surface area contributed by atoms with E-state index in [0.717, 1.165) is 47.8 Å². The summed E-state index contributed by atoms with van der Waals surface area (Å²) in [5.74, 6) is 0.566. The number of carbonyl (C=O) groups is 2. The Kier molecular flexibility index (Phi) is 6.26. The first-order valence-electron chi connectivity index (χ1n) is 9.55. The normalized spacial score (nSPS) is 15.0. The van der Waals surface area contributed by atoms with Crippen LogP contribution in [0.4, 0.5) is 0 Å². The molecule has 1 aromatic heterocycles. The van der Waals surface area contributed by atoms with Crippen LogP contribution in [0.5, 0.6) is 0 Å². The maximum absolute atomic E-state index is 12.8. The first-order chi connectivity index (χ1) is 13.0. The Labute approximate surface area is 164 Å². The maximum atomic E-state index is 12.8. The predicted octanol–water partition coefficient (Wildman–Crippen LogP) is 3.81. The number of amides is 2. The van der Waals surface area contributed by atoms with E-state index in [0.29, 0.717) is 18.9 Å². The molecule has 0 saturated carbocycles. The number of benzene rings is 1. The zero-order valence-corrected chi connectivity index (χ0v) is 17.1. The van der Waals surface area contributed by atoms with E-state index < -0.39 is 0 Å². The van der Waals surface area contributed by atoms with Crippen molar-refractivity contribution in [2.45, 2.75) is 52.5 Å². The molecule has 0 atom stereocenters. The summed E-state index contributed by atoms with van der Waals surface area (Å²) in [5.41, 5.74) is 4.06. The Morgan fingerprint density at radius 2 is 1.96 bits per heavy atom. The van der Waals surface area contributed by atoms with Crippen LogP contribution >= 0.6 is 11.3 Å². The number of nitrogens with zero attached hydrogens (tertiary/aromatic N) is 2. The summed E-state index contributed by atoms with van der Waals surface area (Å²) in [6, 6.07) is 5.93. The van der Waals surface area contributed by atoms with Gasteiger partial charge in [0.05, 0.1) is 17.2 Å². The number of hydrogen-bond acceptors (Lipinski definition) is 4. The number of carbonyl (C=O) groups excluding carboxylic acids is 2. The first-order valence-corrected chi connectivity index (χ1v) is 10.4. The van der Waals surface area contributed by atoms with Crippen molar-refractivity contribution in [2.75, 3.05) is 13.1 Å². The minimum atomic E-state index is 0.0442. The van der Waals surface area contributed by atoms with E-state index in [2.05, 4.69) is 17.2 Å². The average molecular weight is 386 g/mol. The molecule has 2 amide bonds. The lowest BCUT2D eigenvalue weighted by Gasteiger charge is -2.31. The van der Waals surface area contributed by atoms with Crippen molar-refractivity contribution in [1.29, 1.82) is 0 Å². The van der Waals surface area contributed by atoms with Gasteiger partial charge in [-0.2, -0.15) is 0 Å². The zero-order chi connectivity index (χ0) is 19.4. The molecular formula is C21H27N3O2S. The van der Waals surface area contributed by atoms with Gasteiger partial charge in [0.2, 0.25) is 5.91 Å². The summed E-state index contributed by atoms with van der Waals surface area (Å²) in [5, 5.41) is 6.01. The van der Waals surface area contributed by atoms with Crippen LogP contribution in [0.25, 0.3) is 0 Å². The maximum Gasteiger partial charge on any atom is 0.253 e. The highest BCUT2D eigenvalue weighted by atomic mass is 32.1. The Morgan fingerprint density at radius 3 is 2.63 bits per heavy atom. The summed E-state index contributed by atoms with van der Waals surface area (Å²) in [4.78, 5) is 30.8. The second-order valence-electron chi connectivity index (χ2n) is 7.17. The molecule has 0 aliphatic carbocycles. The predicted molar refractivity (Wildman–Crippen MR) is 108 cm³/mol. The quantitative estimate of drug-likeness (QED) is 0.851. The SMILES string of the molecule is CCC(=O)NCc1csc(C2CCN(C(=O)c3ccc(C)c(C)c3)CC2)n1. The lowest BCUT2D eigenvalue weighted by Crippen LogP contribution is -2.38. The summed E-state index contributed by atoms with van der Waals surface area (Å²) in [6.45, 7) is 7.96. The number of thiazole rings is 1. The molecule has 2 heterocycles. The van der Waals surface area contributed by atoms with Gasteiger partial charge in [0.1, 0.15) is 0 Å². The highest BCUT2D eigenvalue weighted by Gasteiger charge is 2.26. The molecule has 5 nitrogen and oxygen atoms in total. The third-order valence-corrected chi connectivity index (χ3v) is 6.30. The molecule has 0 bridgehead atoms. The highest BCUT2D eigenvalue weighted by Crippen LogP contribution is 2.31. The van der Waals surface area contributed by atoms with Crippen molar-refractivity contribution < 1.29 is 9.59 Å². The van der Waals surface area contributed by atoms with Crippen LogP contribution in [0.1, 0.15) is 64.3 Å². The minimum Gasteiger partial charge on any atom is -0.350 e. The van der Waals surface area contributed by atoms with Crippen LogP contribution in [0, 0.1) is 13.8 Å². The van der Waals surface area contributed by atoms with E-state index in [1.165, 1.54) is 5.56 Å². The van der Waals surface area contributed by atoms with E-state index >= 15 is 0 Å². The molecule has 1 saturated heterocycles. The number of aromatic nitrogens is 1. The van der Waals surface area contributed by atoms with Crippen molar-refractivity contribution in [3.63, 3.8) is 0 Å². The van der Waals surface area contributed by atoms with E-state index in [9.17, 15) is 9.59 Å². The second-order valence-corrected chi connectivity index (χ2v) is 8.06. The van der Waals surface area contributed by atoms with Crippen molar-refractivity contribution in [2.24, 2.45) is 0 Å². The van der Waals surface area contributed by atoms with Gasteiger partial charge in [0.15, 0.2) is 0 Å². The molecule has 6 heteroatoms. The van der Waals surface area contributed by atoms with E-state index in [4.69, 9.17) is 0 Å². The summed E-state index contributed by atoms with van der Waals surface area (Å²) in [6.07, 6.45) is 2.36. The van der Waals surface area contributed by atoms with Crippen LogP contribution in [0.2, 0.25) is 0 Å². The van der Waals surface area contributed by atoms with Gasteiger partial charge in [-0.3, -0.25) is 9.59 Å². The first kappa shape index (κ1) is 19.5. The van der Waals surface area contributed by atoms with Crippen molar-refractivity contribution in [1.82, 2.24) is 15.2 Å². The molecule has 27 heavy (non-hydrogen) atoms. The molecular weight excluding hydrogens is 358 g/mol. The fourth-order valence-corrected chi connectivity index (χ4v) is 4.28. The van der Waals surface area contributed by atoms with Gasteiger partial charge in [-0.1, -0.05) is 13.0 Å². The van der Waals surface area contributed by atoms with E-state index in [1.807, 2.05) is 42.3 Å².